The van der Waals surface area contributed by atoms with Gasteiger partial charge in [-0.2, -0.15) is 0 Å². The minimum absolute atomic E-state index is 0.0985. The lowest BCUT2D eigenvalue weighted by Crippen LogP contribution is -2.14. The standard InChI is InChI=1S/C14H21NO/c1-2-6-12-9-13(10-15-14(12)16)11-7-4-3-5-8-11/h9-11H,2-8H2,1H3,(H,15,16). The van der Waals surface area contributed by atoms with Crippen LogP contribution < -0.4 is 5.56 Å². The molecule has 2 nitrogen and oxygen atoms in total. The minimum atomic E-state index is 0.0985. The number of rotatable bonds is 3. The Morgan fingerprint density at radius 1 is 1.31 bits per heavy atom. The predicted octanol–water partition coefficient (Wildman–Crippen LogP) is 3.38. The van der Waals surface area contributed by atoms with Crippen LogP contribution in [0.1, 0.15) is 62.5 Å². The first-order valence-corrected chi connectivity index (χ1v) is 6.52. The average molecular weight is 219 g/mol. The lowest BCUT2D eigenvalue weighted by molar-refractivity contribution is 0.442. The van der Waals surface area contributed by atoms with Crippen molar-refractivity contribution in [2.75, 3.05) is 0 Å². The molecule has 16 heavy (non-hydrogen) atoms. The van der Waals surface area contributed by atoms with Crippen molar-refractivity contribution in [2.45, 2.75) is 57.8 Å². The highest BCUT2D eigenvalue weighted by Gasteiger charge is 2.16. The quantitative estimate of drug-likeness (QED) is 0.830. The molecule has 1 heterocycles. The normalized spacial score (nSPS) is 17.6. The van der Waals surface area contributed by atoms with Gasteiger partial charge in [0.25, 0.3) is 5.56 Å². The van der Waals surface area contributed by atoms with E-state index in [0.717, 1.165) is 18.4 Å². The predicted molar refractivity (Wildman–Crippen MR) is 66.9 cm³/mol. The highest BCUT2D eigenvalue weighted by atomic mass is 16.1. The third-order valence-corrected chi connectivity index (χ3v) is 3.60. The second-order valence-electron chi connectivity index (χ2n) is 4.87. The maximum atomic E-state index is 11.6. The van der Waals surface area contributed by atoms with Gasteiger partial charge in [-0.1, -0.05) is 32.6 Å². The minimum Gasteiger partial charge on any atom is -0.329 e. The zero-order chi connectivity index (χ0) is 11.4. The van der Waals surface area contributed by atoms with E-state index in [4.69, 9.17) is 0 Å². The number of hydrogen-bond donors (Lipinski definition) is 1. The summed E-state index contributed by atoms with van der Waals surface area (Å²) in [5.74, 6) is 0.682. The SMILES string of the molecule is CCCc1cc(C2CCCCC2)c[nH]c1=O. The molecule has 0 atom stereocenters. The van der Waals surface area contributed by atoms with Crippen molar-refractivity contribution >= 4 is 0 Å². The van der Waals surface area contributed by atoms with E-state index in [2.05, 4.69) is 18.0 Å². The van der Waals surface area contributed by atoms with Gasteiger partial charge in [0.1, 0.15) is 0 Å². The van der Waals surface area contributed by atoms with E-state index in [9.17, 15) is 4.79 Å². The topological polar surface area (TPSA) is 32.9 Å². The maximum Gasteiger partial charge on any atom is 0.251 e. The van der Waals surface area contributed by atoms with Gasteiger partial charge >= 0.3 is 0 Å². The van der Waals surface area contributed by atoms with Gasteiger partial charge in [-0.15, -0.1) is 0 Å². The molecule has 1 N–H and O–H groups in total. The monoisotopic (exact) mass is 219 g/mol. The van der Waals surface area contributed by atoms with E-state index in [0.29, 0.717) is 5.92 Å². The van der Waals surface area contributed by atoms with Gasteiger partial charge in [0.05, 0.1) is 0 Å². The van der Waals surface area contributed by atoms with Crippen LogP contribution in [0.2, 0.25) is 0 Å². The second kappa shape index (κ2) is 5.33. The summed E-state index contributed by atoms with van der Waals surface area (Å²) >= 11 is 0. The Morgan fingerprint density at radius 3 is 2.75 bits per heavy atom. The molecule has 0 radical (unpaired) electrons. The maximum absolute atomic E-state index is 11.6. The second-order valence-corrected chi connectivity index (χ2v) is 4.87. The number of hydrogen-bond acceptors (Lipinski definition) is 1. The smallest absolute Gasteiger partial charge is 0.251 e. The van der Waals surface area contributed by atoms with E-state index >= 15 is 0 Å². The number of pyridine rings is 1. The molecule has 0 aromatic carbocycles. The largest absolute Gasteiger partial charge is 0.329 e. The van der Waals surface area contributed by atoms with Crippen LogP contribution in [0.5, 0.6) is 0 Å². The lowest BCUT2D eigenvalue weighted by atomic mass is 9.84. The summed E-state index contributed by atoms with van der Waals surface area (Å²) in [4.78, 5) is 14.5. The lowest BCUT2D eigenvalue weighted by Gasteiger charge is -2.22. The molecule has 88 valence electrons. The molecule has 0 unspecified atom stereocenters. The molecule has 0 amide bonds. The Labute approximate surface area is 97.1 Å². The van der Waals surface area contributed by atoms with Crippen molar-refractivity contribution in [3.8, 4) is 0 Å². The molecule has 0 aliphatic heterocycles. The molecule has 1 aliphatic carbocycles. The van der Waals surface area contributed by atoms with Gasteiger partial charge in [-0.05, 0) is 36.8 Å². The third-order valence-electron chi connectivity index (χ3n) is 3.60. The van der Waals surface area contributed by atoms with Crippen LogP contribution >= 0.6 is 0 Å². The first-order chi connectivity index (χ1) is 7.81. The van der Waals surface area contributed by atoms with Crippen molar-refractivity contribution in [3.05, 3.63) is 33.7 Å². The third kappa shape index (κ3) is 2.55. The van der Waals surface area contributed by atoms with Crippen molar-refractivity contribution in [1.29, 1.82) is 0 Å². The van der Waals surface area contributed by atoms with Crippen LogP contribution in [0.4, 0.5) is 0 Å². The van der Waals surface area contributed by atoms with Crippen molar-refractivity contribution in [1.82, 2.24) is 4.98 Å². The molecular weight excluding hydrogens is 198 g/mol. The van der Waals surface area contributed by atoms with E-state index in [1.165, 1.54) is 37.7 Å². The Bertz CT molecular complexity index is 388. The molecule has 1 fully saturated rings. The van der Waals surface area contributed by atoms with Gasteiger partial charge in [0.15, 0.2) is 0 Å². The summed E-state index contributed by atoms with van der Waals surface area (Å²) in [6.07, 6.45) is 10.5. The summed E-state index contributed by atoms with van der Waals surface area (Å²) < 4.78 is 0. The molecule has 1 aromatic heterocycles. The van der Waals surface area contributed by atoms with E-state index in [1.807, 2.05) is 6.20 Å². The fourth-order valence-corrected chi connectivity index (χ4v) is 2.68. The Kier molecular flexibility index (Phi) is 3.81. The first-order valence-electron chi connectivity index (χ1n) is 6.52. The van der Waals surface area contributed by atoms with Gasteiger partial charge in [-0.3, -0.25) is 4.79 Å². The molecular formula is C14H21NO. The zero-order valence-corrected chi connectivity index (χ0v) is 10.1. The molecule has 1 aliphatic rings. The number of H-pyrrole nitrogens is 1. The first kappa shape index (κ1) is 11.4. The fraction of sp³-hybridized carbons (Fsp3) is 0.643. The molecule has 0 bridgehead atoms. The summed E-state index contributed by atoms with van der Waals surface area (Å²) in [5.41, 5.74) is 2.41. The summed E-state index contributed by atoms with van der Waals surface area (Å²) in [6.45, 7) is 2.12. The fourth-order valence-electron chi connectivity index (χ4n) is 2.68. The summed E-state index contributed by atoms with van der Waals surface area (Å²) in [6, 6.07) is 2.14. The molecule has 0 saturated heterocycles. The number of aryl methyl sites for hydroxylation is 1. The van der Waals surface area contributed by atoms with Crippen LogP contribution in [0.3, 0.4) is 0 Å². The summed E-state index contributed by atoms with van der Waals surface area (Å²) in [5, 5.41) is 0. The number of aromatic amines is 1. The highest BCUT2D eigenvalue weighted by Crippen LogP contribution is 2.32. The Balaban J connectivity index is 2.20. The average Bonchev–Trinajstić information content (AvgIpc) is 2.33. The highest BCUT2D eigenvalue weighted by molar-refractivity contribution is 5.22. The van der Waals surface area contributed by atoms with Gasteiger partial charge in [0, 0.05) is 11.8 Å². The van der Waals surface area contributed by atoms with Gasteiger partial charge < -0.3 is 4.98 Å². The van der Waals surface area contributed by atoms with Crippen LogP contribution in [0, 0.1) is 0 Å². The summed E-state index contributed by atoms with van der Waals surface area (Å²) in [7, 11) is 0. The Hall–Kier alpha value is -1.05. The van der Waals surface area contributed by atoms with Crippen molar-refractivity contribution in [2.24, 2.45) is 0 Å². The van der Waals surface area contributed by atoms with Crippen LogP contribution in [0.25, 0.3) is 0 Å². The number of aromatic nitrogens is 1. The van der Waals surface area contributed by atoms with E-state index in [-0.39, 0.29) is 5.56 Å². The van der Waals surface area contributed by atoms with E-state index in [1.54, 1.807) is 0 Å². The number of nitrogens with one attached hydrogen (secondary N) is 1. The molecule has 1 saturated carbocycles. The van der Waals surface area contributed by atoms with Crippen molar-refractivity contribution < 1.29 is 0 Å². The molecule has 2 rings (SSSR count). The molecule has 0 spiro atoms. The van der Waals surface area contributed by atoms with E-state index < -0.39 is 0 Å². The zero-order valence-electron chi connectivity index (χ0n) is 10.1. The van der Waals surface area contributed by atoms with Gasteiger partial charge in [-0.25, -0.2) is 0 Å². The van der Waals surface area contributed by atoms with Crippen LogP contribution in [0.15, 0.2) is 17.1 Å². The van der Waals surface area contributed by atoms with Crippen LogP contribution in [-0.2, 0) is 6.42 Å². The van der Waals surface area contributed by atoms with Crippen LogP contribution in [-0.4, -0.2) is 4.98 Å². The van der Waals surface area contributed by atoms with Gasteiger partial charge in [0.2, 0.25) is 0 Å². The molecule has 1 aromatic rings. The van der Waals surface area contributed by atoms with Crippen molar-refractivity contribution in [3.63, 3.8) is 0 Å². The Morgan fingerprint density at radius 2 is 2.06 bits per heavy atom. The molecule has 2 heteroatoms.